The van der Waals surface area contributed by atoms with Gasteiger partial charge in [0.25, 0.3) is 0 Å². The van der Waals surface area contributed by atoms with Crippen LogP contribution < -0.4 is 5.73 Å². The number of nitrogens with zero attached hydrogens (tertiary/aromatic N) is 1. The van der Waals surface area contributed by atoms with Crippen molar-refractivity contribution in [3.63, 3.8) is 0 Å². The number of hydrogen-bond donors (Lipinski definition) is 1. The summed E-state index contributed by atoms with van der Waals surface area (Å²) in [6, 6.07) is 8.76. The van der Waals surface area contributed by atoms with E-state index in [-0.39, 0.29) is 5.91 Å². The number of hydrogen-bond acceptors (Lipinski definition) is 3. The highest BCUT2D eigenvalue weighted by Crippen LogP contribution is 2.11. The van der Waals surface area contributed by atoms with Gasteiger partial charge in [-0.05, 0) is 5.56 Å². The molecule has 1 aromatic rings. The Morgan fingerprint density at radius 3 is 2.62 bits per heavy atom. The molecule has 0 saturated heterocycles. The molecule has 2 N–H and O–H groups in total. The largest absolute Gasteiger partial charge is 0.383 e. The Kier molecular flexibility index (Phi) is 4.95. The van der Waals surface area contributed by atoms with E-state index in [2.05, 4.69) is 0 Å². The van der Waals surface area contributed by atoms with Crippen LogP contribution in [-0.2, 0) is 9.53 Å². The van der Waals surface area contributed by atoms with Gasteiger partial charge in [0.05, 0.1) is 6.61 Å². The lowest BCUT2D eigenvalue weighted by Crippen LogP contribution is -2.37. The first-order valence-electron chi connectivity index (χ1n) is 5.21. The summed E-state index contributed by atoms with van der Waals surface area (Å²) < 4.78 is 4.91. The summed E-state index contributed by atoms with van der Waals surface area (Å²) in [5.74, 6) is -0.0942. The third kappa shape index (κ3) is 3.32. The van der Waals surface area contributed by atoms with Crippen LogP contribution in [0.4, 0.5) is 0 Å². The number of methoxy groups -OCH3 is 1. The molecule has 0 aliphatic heterocycles. The number of amides is 1. The summed E-state index contributed by atoms with van der Waals surface area (Å²) in [5.41, 5.74) is 6.71. The molecule has 0 aromatic heterocycles. The fourth-order valence-corrected chi connectivity index (χ4v) is 1.38. The number of rotatable bonds is 5. The van der Waals surface area contributed by atoms with Gasteiger partial charge in [-0.1, -0.05) is 30.3 Å². The van der Waals surface area contributed by atoms with Crippen LogP contribution in [-0.4, -0.2) is 38.1 Å². The highest BCUT2D eigenvalue weighted by Gasteiger charge is 2.18. The van der Waals surface area contributed by atoms with E-state index in [4.69, 9.17) is 10.5 Å². The van der Waals surface area contributed by atoms with E-state index in [0.29, 0.717) is 13.2 Å². The molecule has 0 radical (unpaired) electrons. The predicted molar refractivity (Wildman–Crippen MR) is 62.9 cm³/mol. The van der Waals surface area contributed by atoms with Crippen LogP contribution in [0.15, 0.2) is 30.3 Å². The first-order chi connectivity index (χ1) is 7.66. The second-order valence-corrected chi connectivity index (χ2v) is 3.64. The molecule has 1 atom stereocenters. The summed E-state index contributed by atoms with van der Waals surface area (Å²) in [6.07, 6.45) is 0. The third-order valence-corrected chi connectivity index (χ3v) is 2.43. The first-order valence-corrected chi connectivity index (χ1v) is 5.21. The monoisotopic (exact) mass is 222 g/mol. The lowest BCUT2D eigenvalue weighted by Gasteiger charge is -2.21. The zero-order valence-electron chi connectivity index (χ0n) is 9.72. The van der Waals surface area contributed by atoms with Crippen LogP contribution in [0, 0.1) is 0 Å². The molecule has 1 rings (SSSR count). The van der Waals surface area contributed by atoms with E-state index >= 15 is 0 Å². The Morgan fingerprint density at radius 1 is 1.44 bits per heavy atom. The van der Waals surface area contributed by atoms with Gasteiger partial charge in [0.15, 0.2) is 0 Å². The summed E-state index contributed by atoms with van der Waals surface area (Å²) in [5, 5.41) is 0. The summed E-state index contributed by atoms with van der Waals surface area (Å²) >= 11 is 0. The number of carbonyl (C=O) groups is 1. The highest BCUT2D eigenvalue weighted by molar-refractivity contribution is 5.82. The van der Waals surface area contributed by atoms with Gasteiger partial charge in [0, 0.05) is 20.7 Å². The van der Waals surface area contributed by atoms with E-state index in [1.54, 1.807) is 19.1 Å². The van der Waals surface area contributed by atoms with E-state index in [9.17, 15) is 4.79 Å². The molecule has 0 spiro atoms. The zero-order valence-corrected chi connectivity index (χ0v) is 9.72. The number of carbonyl (C=O) groups excluding carboxylic acids is 1. The van der Waals surface area contributed by atoms with Crippen molar-refractivity contribution < 1.29 is 9.53 Å². The van der Waals surface area contributed by atoms with Gasteiger partial charge >= 0.3 is 0 Å². The maximum Gasteiger partial charge on any atom is 0.243 e. The van der Waals surface area contributed by atoms with Gasteiger partial charge in [-0.15, -0.1) is 0 Å². The number of likely N-dealkylation sites (N-methyl/N-ethyl adjacent to an activating group) is 1. The van der Waals surface area contributed by atoms with Gasteiger partial charge < -0.3 is 15.4 Å². The van der Waals surface area contributed by atoms with Crippen molar-refractivity contribution in [2.24, 2.45) is 5.73 Å². The van der Waals surface area contributed by atoms with Crippen molar-refractivity contribution >= 4 is 5.91 Å². The van der Waals surface area contributed by atoms with Gasteiger partial charge in [0.2, 0.25) is 5.91 Å². The number of nitrogens with two attached hydrogens (primary N) is 1. The van der Waals surface area contributed by atoms with Gasteiger partial charge in [-0.25, -0.2) is 0 Å². The molecule has 1 aromatic carbocycles. The van der Waals surface area contributed by atoms with Crippen LogP contribution in [0.5, 0.6) is 0 Å². The topological polar surface area (TPSA) is 55.6 Å². The van der Waals surface area contributed by atoms with Gasteiger partial charge in [-0.3, -0.25) is 4.79 Å². The van der Waals surface area contributed by atoms with E-state index in [1.807, 2.05) is 30.3 Å². The molecule has 4 heteroatoms. The lowest BCUT2D eigenvalue weighted by molar-refractivity contribution is -0.132. The molecular formula is C12H18N2O2. The van der Waals surface area contributed by atoms with Crippen molar-refractivity contribution in [3.8, 4) is 0 Å². The number of ether oxygens (including phenoxy) is 1. The molecule has 1 amide bonds. The molecule has 88 valence electrons. The van der Waals surface area contributed by atoms with E-state index < -0.39 is 6.04 Å². The van der Waals surface area contributed by atoms with E-state index in [0.717, 1.165) is 5.56 Å². The molecule has 16 heavy (non-hydrogen) atoms. The Balaban J connectivity index is 2.60. The molecule has 0 aliphatic rings. The standard InChI is InChI=1S/C12H18N2O2/c1-14(8-9-16-2)12(15)11(13)10-6-4-3-5-7-10/h3-7,11H,8-9,13H2,1-2H3/t11-/m1/s1. The third-order valence-electron chi connectivity index (χ3n) is 2.43. The average molecular weight is 222 g/mol. The minimum absolute atomic E-state index is 0.0942. The minimum atomic E-state index is -0.594. The van der Waals surface area contributed by atoms with Crippen LogP contribution in [0.25, 0.3) is 0 Å². The molecular weight excluding hydrogens is 204 g/mol. The van der Waals surface area contributed by atoms with Gasteiger partial charge in [0.1, 0.15) is 6.04 Å². The Hall–Kier alpha value is -1.39. The lowest BCUT2D eigenvalue weighted by atomic mass is 10.1. The predicted octanol–water partition coefficient (Wildman–Crippen LogP) is 0.791. The van der Waals surface area contributed by atoms with Crippen LogP contribution in [0.1, 0.15) is 11.6 Å². The fourth-order valence-electron chi connectivity index (χ4n) is 1.38. The smallest absolute Gasteiger partial charge is 0.243 e. The van der Waals surface area contributed by atoms with Crippen LogP contribution >= 0.6 is 0 Å². The molecule has 4 nitrogen and oxygen atoms in total. The van der Waals surface area contributed by atoms with Crippen molar-refractivity contribution in [2.45, 2.75) is 6.04 Å². The van der Waals surface area contributed by atoms with Gasteiger partial charge in [-0.2, -0.15) is 0 Å². The Morgan fingerprint density at radius 2 is 2.06 bits per heavy atom. The average Bonchev–Trinajstić information content (AvgIpc) is 2.35. The maximum atomic E-state index is 11.9. The van der Waals surface area contributed by atoms with Crippen molar-refractivity contribution in [1.29, 1.82) is 0 Å². The molecule has 0 bridgehead atoms. The molecule has 0 saturated carbocycles. The molecule has 0 heterocycles. The molecule has 0 unspecified atom stereocenters. The SMILES string of the molecule is COCCN(C)C(=O)[C@H](N)c1ccccc1. The molecule has 0 fully saturated rings. The summed E-state index contributed by atoms with van der Waals surface area (Å²) in [6.45, 7) is 1.07. The van der Waals surface area contributed by atoms with Crippen molar-refractivity contribution in [2.75, 3.05) is 27.3 Å². The Bertz CT molecular complexity index is 327. The normalized spacial score (nSPS) is 12.2. The summed E-state index contributed by atoms with van der Waals surface area (Å²) in [4.78, 5) is 13.5. The second-order valence-electron chi connectivity index (χ2n) is 3.64. The highest BCUT2D eigenvalue weighted by atomic mass is 16.5. The number of benzene rings is 1. The second kappa shape index (κ2) is 6.25. The fraction of sp³-hybridized carbons (Fsp3) is 0.417. The van der Waals surface area contributed by atoms with Crippen molar-refractivity contribution in [1.82, 2.24) is 4.90 Å². The Labute approximate surface area is 96.0 Å². The quantitative estimate of drug-likeness (QED) is 0.801. The van der Waals surface area contributed by atoms with Crippen molar-refractivity contribution in [3.05, 3.63) is 35.9 Å². The van der Waals surface area contributed by atoms with E-state index in [1.165, 1.54) is 0 Å². The summed E-state index contributed by atoms with van der Waals surface area (Å²) in [7, 11) is 3.33. The molecule has 0 aliphatic carbocycles. The van der Waals surface area contributed by atoms with Crippen LogP contribution in [0.3, 0.4) is 0 Å². The first kappa shape index (κ1) is 12.7. The minimum Gasteiger partial charge on any atom is -0.383 e. The van der Waals surface area contributed by atoms with Crippen LogP contribution in [0.2, 0.25) is 0 Å². The zero-order chi connectivity index (χ0) is 12.0. The maximum absolute atomic E-state index is 11.9.